The molecule has 8 nitrogen and oxygen atoms in total. The number of cyclic esters (lactones) is 1. The number of aryl methyl sites for hydroxylation is 1. The molecule has 1 saturated heterocycles. The van der Waals surface area contributed by atoms with Gasteiger partial charge in [-0.15, -0.1) is 0 Å². The third kappa shape index (κ3) is 5.33. The van der Waals surface area contributed by atoms with Crippen LogP contribution in [0.1, 0.15) is 30.4 Å². The van der Waals surface area contributed by atoms with E-state index in [9.17, 15) is 53.8 Å². The van der Waals surface area contributed by atoms with E-state index < -0.39 is 74.6 Å². The summed E-state index contributed by atoms with van der Waals surface area (Å²) in [6.45, 7) is -0.0975. The minimum Gasteiger partial charge on any atom is -0.463 e. The molecule has 2 aromatic rings. The lowest BCUT2D eigenvalue weighted by molar-refractivity contribution is -0.376. The highest BCUT2D eigenvalue weighted by atomic mass is 32.2. The first-order valence-electron chi connectivity index (χ1n) is 11.7. The second-order valence-corrected chi connectivity index (χ2v) is 11.2. The highest BCUT2D eigenvalue weighted by Crippen LogP contribution is 2.51. The van der Waals surface area contributed by atoms with Crippen LogP contribution in [0.4, 0.5) is 36.4 Å². The van der Waals surface area contributed by atoms with E-state index in [0.29, 0.717) is 22.5 Å². The van der Waals surface area contributed by atoms with E-state index in [2.05, 4.69) is 5.32 Å². The minimum absolute atomic E-state index is 0.0975. The van der Waals surface area contributed by atoms with E-state index in [4.69, 9.17) is 4.74 Å². The average molecular weight is 598 g/mol. The molecule has 1 fully saturated rings. The van der Waals surface area contributed by atoms with Crippen molar-refractivity contribution in [3.8, 4) is 0 Å². The van der Waals surface area contributed by atoms with Crippen molar-refractivity contribution >= 4 is 27.6 Å². The van der Waals surface area contributed by atoms with Gasteiger partial charge in [0.2, 0.25) is 5.91 Å². The summed E-state index contributed by atoms with van der Waals surface area (Å²) < 4.78 is 127. The first kappa shape index (κ1) is 29.6. The van der Waals surface area contributed by atoms with Crippen LogP contribution >= 0.6 is 0 Å². The maximum atomic E-state index is 13.6. The molecule has 2 aromatic carbocycles. The van der Waals surface area contributed by atoms with Crippen molar-refractivity contribution in [3.05, 3.63) is 59.4 Å². The molecule has 1 amide bonds. The number of nitrogens with one attached hydrogen (secondary N) is 1. The molecule has 40 heavy (non-hydrogen) atoms. The van der Waals surface area contributed by atoms with E-state index in [1.807, 2.05) is 0 Å². The molecule has 16 heteroatoms. The SMILES string of the molecule is O=C(C[C@@H]1CCc2cc(C(O)(C(F)(F)F)C(F)(F)F)ccc2N1S(=O)(=O)c1ccc(F)cc1)N[C@@H]1COC(=O)C1. The number of rotatable bonds is 6. The molecule has 2 atom stereocenters. The Morgan fingerprint density at radius 1 is 1.05 bits per heavy atom. The molecule has 0 bridgehead atoms. The van der Waals surface area contributed by atoms with Gasteiger partial charge in [0, 0.05) is 12.0 Å². The van der Waals surface area contributed by atoms with Crippen LogP contribution in [0.5, 0.6) is 0 Å². The molecular weight excluding hydrogens is 577 g/mol. The summed E-state index contributed by atoms with van der Waals surface area (Å²) in [4.78, 5) is 23.6. The number of nitrogens with zero attached hydrogens (tertiary/aromatic N) is 1. The number of esters is 1. The molecule has 2 aliphatic heterocycles. The average Bonchev–Trinajstić information content (AvgIpc) is 3.25. The van der Waals surface area contributed by atoms with Crippen molar-refractivity contribution in [2.75, 3.05) is 10.9 Å². The topological polar surface area (TPSA) is 113 Å². The molecular formula is C24H21F7N2O6S. The predicted octanol–water partition coefficient (Wildman–Crippen LogP) is 3.47. The fourth-order valence-corrected chi connectivity index (χ4v) is 6.40. The number of carbonyl (C=O) groups excluding carboxylic acids is 2. The number of ether oxygens (including phenoxy) is 1. The summed E-state index contributed by atoms with van der Waals surface area (Å²) in [7, 11) is -4.63. The highest BCUT2D eigenvalue weighted by molar-refractivity contribution is 7.92. The Labute approximate surface area is 222 Å². The van der Waals surface area contributed by atoms with Crippen LogP contribution in [0.15, 0.2) is 47.4 Å². The second-order valence-electron chi connectivity index (χ2n) is 9.35. The zero-order valence-electron chi connectivity index (χ0n) is 20.2. The Morgan fingerprint density at radius 2 is 1.68 bits per heavy atom. The third-order valence-corrected chi connectivity index (χ3v) is 8.53. The van der Waals surface area contributed by atoms with Crippen molar-refractivity contribution in [3.63, 3.8) is 0 Å². The van der Waals surface area contributed by atoms with Crippen molar-refractivity contribution in [2.45, 2.75) is 60.6 Å². The fourth-order valence-electron chi connectivity index (χ4n) is 4.69. The van der Waals surface area contributed by atoms with Gasteiger partial charge < -0.3 is 15.2 Å². The van der Waals surface area contributed by atoms with Gasteiger partial charge in [-0.25, -0.2) is 12.8 Å². The minimum atomic E-state index is -6.15. The Balaban J connectivity index is 1.76. The lowest BCUT2D eigenvalue weighted by atomic mass is 9.87. The highest BCUT2D eigenvalue weighted by Gasteiger charge is 2.71. The zero-order valence-corrected chi connectivity index (χ0v) is 21.0. The fraction of sp³-hybridized carbons (Fsp3) is 0.417. The van der Waals surface area contributed by atoms with E-state index >= 15 is 0 Å². The standard InChI is InChI=1S/C24H21F7N2O6S/c25-15-3-6-18(7-4-15)40(37,38)33-17(11-20(34)32-16-10-21(35)39-12-16)5-1-13-9-14(2-8-19(13)33)22(36,23(26,27)28)24(29,30)31/h2-4,6-9,16-17,36H,1,5,10-12H2,(H,32,34)/t16-,17-/m0/s1. The smallest absolute Gasteiger partial charge is 0.430 e. The Morgan fingerprint density at radius 3 is 2.23 bits per heavy atom. The predicted molar refractivity (Wildman–Crippen MR) is 123 cm³/mol. The van der Waals surface area contributed by atoms with Crippen molar-refractivity contribution in [2.24, 2.45) is 0 Å². The number of amides is 1. The van der Waals surface area contributed by atoms with Gasteiger partial charge in [0.05, 0.1) is 29.1 Å². The summed E-state index contributed by atoms with van der Waals surface area (Å²) in [6.07, 6.45) is -13.4. The molecule has 4 rings (SSSR count). The number of alkyl halides is 6. The van der Waals surface area contributed by atoms with Crippen LogP contribution in [-0.2, 0) is 36.4 Å². The normalized spacial score (nSPS) is 20.2. The van der Waals surface area contributed by atoms with Crippen molar-refractivity contribution in [1.29, 1.82) is 0 Å². The number of carbonyl (C=O) groups is 2. The quantitative estimate of drug-likeness (QED) is 0.389. The summed E-state index contributed by atoms with van der Waals surface area (Å²) in [5, 5.41) is 12.3. The number of hydrogen-bond donors (Lipinski definition) is 2. The van der Waals surface area contributed by atoms with Crippen molar-refractivity contribution in [1.82, 2.24) is 5.32 Å². The molecule has 0 aliphatic carbocycles. The van der Waals surface area contributed by atoms with Gasteiger partial charge >= 0.3 is 18.3 Å². The van der Waals surface area contributed by atoms with Gasteiger partial charge in [0.15, 0.2) is 0 Å². The summed E-state index contributed by atoms with van der Waals surface area (Å²) in [5.41, 5.74) is -7.37. The Bertz CT molecular complexity index is 1400. The maximum Gasteiger partial charge on any atom is 0.430 e. The molecule has 0 saturated carbocycles. The largest absolute Gasteiger partial charge is 0.463 e. The van der Waals surface area contributed by atoms with Crippen LogP contribution in [0.2, 0.25) is 0 Å². The molecule has 0 unspecified atom stereocenters. The zero-order chi connectivity index (χ0) is 29.7. The van der Waals surface area contributed by atoms with Gasteiger partial charge in [-0.3, -0.25) is 13.9 Å². The van der Waals surface area contributed by atoms with Gasteiger partial charge in [-0.05, 0) is 48.7 Å². The summed E-state index contributed by atoms with van der Waals surface area (Å²) in [6, 6.07) is 3.13. The second kappa shape index (κ2) is 10.2. The Kier molecular flexibility index (Phi) is 7.55. The molecule has 0 radical (unpaired) electrons. The summed E-state index contributed by atoms with van der Waals surface area (Å²) in [5.74, 6) is -2.01. The van der Waals surface area contributed by atoms with Crippen LogP contribution in [0.3, 0.4) is 0 Å². The van der Waals surface area contributed by atoms with Crippen LogP contribution < -0.4 is 9.62 Å². The number of anilines is 1. The molecule has 2 heterocycles. The third-order valence-electron chi connectivity index (χ3n) is 6.65. The molecule has 2 N–H and O–H groups in total. The lowest BCUT2D eigenvalue weighted by Gasteiger charge is -2.39. The number of hydrogen-bond acceptors (Lipinski definition) is 6. The van der Waals surface area contributed by atoms with Crippen LogP contribution in [0, 0.1) is 5.82 Å². The maximum absolute atomic E-state index is 13.6. The van der Waals surface area contributed by atoms with Crippen LogP contribution in [-0.4, -0.2) is 56.4 Å². The number of aliphatic hydroxyl groups is 1. The lowest BCUT2D eigenvalue weighted by Crippen LogP contribution is -2.54. The van der Waals surface area contributed by atoms with Gasteiger partial charge in [-0.2, -0.15) is 26.3 Å². The molecule has 2 aliphatic rings. The first-order chi connectivity index (χ1) is 18.4. The Hall–Kier alpha value is -3.40. The monoisotopic (exact) mass is 598 g/mol. The van der Waals surface area contributed by atoms with E-state index in [1.54, 1.807) is 0 Å². The van der Waals surface area contributed by atoms with Gasteiger partial charge in [0.25, 0.3) is 15.6 Å². The molecule has 0 aromatic heterocycles. The number of sulfonamides is 1. The van der Waals surface area contributed by atoms with E-state index in [-0.39, 0.29) is 37.1 Å². The molecule has 0 spiro atoms. The van der Waals surface area contributed by atoms with Gasteiger partial charge in [-0.1, -0.05) is 12.1 Å². The number of benzene rings is 2. The van der Waals surface area contributed by atoms with E-state index in [0.717, 1.165) is 24.3 Å². The van der Waals surface area contributed by atoms with E-state index in [1.165, 1.54) is 0 Å². The number of halogens is 7. The number of fused-ring (bicyclic) bond motifs is 1. The van der Waals surface area contributed by atoms with Crippen molar-refractivity contribution < 1.29 is 58.6 Å². The van der Waals surface area contributed by atoms with Crippen LogP contribution in [0.25, 0.3) is 0 Å². The first-order valence-corrected chi connectivity index (χ1v) is 13.1. The van der Waals surface area contributed by atoms with Gasteiger partial charge in [0.1, 0.15) is 12.4 Å². The summed E-state index contributed by atoms with van der Waals surface area (Å²) >= 11 is 0. The molecule has 218 valence electrons.